The number of hydrogen-bond acceptors (Lipinski definition) is 4. The van der Waals surface area contributed by atoms with Crippen molar-refractivity contribution in [2.75, 3.05) is 18.5 Å². The monoisotopic (exact) mass is 362 g/mol. The summed E-state index contributed by atoms with van der Waals surface area (Å²) in [5.41, 5.74) is 3.15. The van der Waals surface area contributed by atoms with E-state index in [-0.39, 0.29) is 18.2 Å². The van der Waals surface area contributed by atoms with Gasteiger partial charge in [-0.1, -0.05) is 36.9 Å². The molecule has 2 aromatic rings. The average molecular weight is 363 g/mol. The normalized spacial score (nSPS) is 13.5. The van der Waals surface area contributed by atoms with E-state index in [0.29, 0.717) is 12.5 Å². The van der Waals surface area contributed by atoms with Crippen molar-refractivity contribution in [2.45, 2.75) is 36.1 Å². The molecule has 1 N–H and O–H groups in total. The van der Waals surface area contributed by atoms with Crippen molar-refractivity contribution in [3.8, 4) is 0 Å². The van der Waals surface area contributed by atoms with Crippen molar-refractivity contribution in [3.63, 3.8) is 0 Å². The van der Waals surface area contributed by atoms with Gasteiger partial charge in [0, 0.05) is 34.4 Å². The second-order valence-electron chi connectivity index (χ2n) is 5.83. The van der Waals surface area contributed by atoms with Gasteiger partial charge in [-0.05, 0) is 38.2 Å². The van der Waals surface area contributed by atoms with Crippen LogP contribution in [-0.4, -0.2) is 25.4 Å². The standard InChI is InChI=1S/C19H22N2OS.ClH/c1-4-17(22)14-9-10-19-16(11-14)21(12-13(2)20-3)15-7-5-6-8-18(15)23-19;/h5-11,13,20H,4,12H2,1-3H3;1H. The van der Waals surface area contributed by atoms with Crippen LogP contribution in [-0.2, 0) is 0 Å². The zero-order valence-corrected chi connectivity index (χ0v) is 15.8. The van der Waals surface area contributed by atoms with Gasteiger partial charge in [-0.3, -0.25) is 4.79 Å². The first-order chi connectivity index (χ1) is 11.1. The highest BCUT2D eigenvalue weighted by Crippen LogP contribution is 2.48. The smallest absolute Gasteiger partial charge is 0.162 e. The van der Waals surface area contributed by atoms with Crippen molar-refractivity contribution in [1.29, 1.82) is 0 Å². The molecular formula is C19H23ClN2OS. The molecule has 1 atom stereocenters. The van der Waals surface area contributed by atoms with Crippen molar-refractivity contribution in [3.05, 3.63) is 48.0 Å². The van der Waals surface area contributed by atoms with Crippen molar-refractivity contribution < 1.29 is 4.79 Å². The lowest BCUT2D eigenvalue weighted by Crippen LogP contribution is -2.36. The van der Waals surface area contributed by atoms with Crippen LogP contribution in [0.25, 0.3) is 0 Å². The summed E-state index contributed by atoms with van der Waals surface area (Å²) < 4.78 is 0. The molecule has 0 aromatic heterocycles. The molecule has 1 unspecified atom stereocenters. The van der Waals surface area contributed by atoms with Gasteiger partial charge >= 0.3 is 0 Å². The summed E-state index contributed by atoms with van der Waals surface area (Å²) in [5, 5.41) is 3.31. The lowest BCUT2D eigenvalue weighted by molar-refractivity contribution is 0.0988. The van der Waals surface area contributed by atoms with Crippen LogP contribution in [0, 0.1) is 0 Å². The van der Waals surface area contributed by atoms with Crippen molar-refractivity contribution in [1.82, 2.24) is 5.32 Å². The number of carbonyl (C=O) groups excluding carboxylic acids is 1. The molecule has 128 valence electrons. The quantitative estimate of drug-likeness (QED) is 0.766. The van der Waals surface area contributed by atoms with E-state index in [1.807, 2.05) is 26.1 Å². The summed E-state index contributed by atoms with van der Waals surface area (Å²) in [6, 6.07) is 14.9. The van der Waals surface area contributed by atoms with Gasteiger partial charge in [0.25, 0.3) is 0 Å². The van der Waals surface area contributed by atoms with Crippen LogP contribution in [0.15, 0.2) is 52.3 Å². The molecule has 0 spiro atoms. The molecule has 5 heteroatoms. The van der Waals surface area contributed by atoms with Crippen molar-refractivity contribution in [2.24, 2.45) is 0 Å². The van der Waals surface area contributed by atoms with Gasteiger partial charge in [0.05, 0.1) is 11.4 Å². The Hall–Kier alpha value is -1.49. The number of anilines is 2. The Kier molecular flexibility index (Phi) is 6.33. The Morgan fingerprint density at radius 2 is 1.88 bits per heavy atom. The molecule has 0 saturated heterocycles. The largest absolute Gasteiger partial charge is 0.338 e. The molecule has 0 fully saturated rings. The molecule has 3 nitrogen and oxygen atoms in total. The van der Waals surface area contributed by atoms with E-state index in [1.54, 1.807) is 11.8 Å². The highest BCUT2D eigenvalue weighted by molar-refractivity contribution is 7.99. The molecule has 0 radical (unpaired) electrons. The number of likely N-dealkylation sites (N-methyl/N-ethyl adjacent to an activating group) is 1. The topological polar surface area (TPSA) is 32.3 Å². The predicted octanol–water partition coefficient (Wildman–Crippen LogP) is 4.91. The fourth-order valence-corrected chi connectivity index (χ4v) is 3.84. The zero-order valence-electron chi connectivity index (χ0n) is 14.2. The van der Waals surface area contributed by atoms with Gasteiger partial charge in [0.15, 0.2) is 5.78 Å². The fraction of sp³-hybridized carbons (Fsp3) is 0.316. The van der Waals surface area contributed by atoms with Gasteiger partial charge in [0.1, 0.15) is 0 Å². The minimum Gasteiger partial charge on any atom is -0.338 e. The molecule has 0 bridgehead atoms. The summed E-state index contributed by atoms with van der Waals surface area (Å²) in [4.78, 5) is 16.9. The first kappa shape index (κ1) is 18.8. The number of nitrogens with zero attached hydrogens (tertiary/aromatic N) is 1. The maximum atomic E-state index is 12.1. The average Bonchev–Trinajstić information content (AvgIpc) is 2.60. The molecule has 0 aliphatic carbocycles. The summed E-state index contributed by atoms with van der Waals surface area (Å²) in [5.74, 6) is 0.193. The van der Waals surface area contributed by atoms with E-state index in [0.717, 1.165) is 17.8 Å². The summed E-state index contributed by atoms with van der Waals surface area (Å²) in [6.07, 6.45) is 0.537. The molecule has 1 aliphatic heterocycles. The highest BCUT2D eigenvalue weighted by atomic mass is 35.5. The van der Waals surface area contributed by atoms with Crippen LogP contribution in [0.3, 0.4) is 0 Å². The van der Waals surface area contributed by atoms with Gasteiger partial charge < -0.3 is 10.2 Å². The number of hydrogen-bond donors (Lipinski definition) is 1. The summed E-state index contributed by atoms with van der Waals surface area (Å²) in [6.45, 7) is 4.95. The van der Waals surface area contributed by atoms with Gasteiger partial charge in [-0.15, -0.1) is 12.4 Å². The van der Waals surface area contributed by atoms with Crippen LogP contribution >= 0.6 is 24.2 Å². The first-order valence-corrected chi connectivity index (χ1v) is 8.84. The Labute approximate surface area is 154 Å². The predicted molar refractivity (Wildman–Crippen MR) is 104 cm³/mol. The second-order valence-corrected chi connectivity index (χ2v) is 6.91. The maximum absolute atomic E-state index is 12.1. The van der Waals surface area contributed by atoms with Crippen LogP contribution in [0.4, 0.5) is 11.4 Å². The Morgan fingerprint density at radius 1 is 1.17 bits per heavy atom. The number of halogens is 1. The summed E-state index contributed by atoms with van der Waals surface area (Å²) in [7, 11) is 1.98. The minimum atomic E-state index is 0. The lowest BCUT2D eigenvalue weighted by atomic mass is 10.1. The van der Waals surface area contributed by atoms with Crippen LogP contribution in [0.2, 0.25) is 0 Å². The van der Waals surface area contributed by atoms with E-state index < -0.39 is 0 Å². The molecular weight excluding hydrogens is 340 g/mol. The third-order valence-corrected chi connectivity index (χ3v) is 5.35. The number of nitrogens with one attached hydrogen (secondary N) is 1. The van der Waals surface area contributed by atoms with Gasteiger partial charge in [-0.2, -0.15) is 0 Å². The third-order valence-electron chi connectivity index (χ3n) is 4.22. The van der Waals surface area contributed by atoms with E-state index in [1.165, 1.54) is 15.5 Å². The molecule has 0 amide bonds. The molecule has 24 heavy (non-hydrogen) atoms. The number of carbonyl (C=O) groups is 1. The van der Waals surface area contributed by atoms with Gasteiger partial charge in [-0.25, -0.2) is 0 Å². The number of fused-ring (bicyclic) bond motifs is 2. The molecule has 3 rings (SSSR count). The maximum Gasteiger partial charge on any atom is 0.162 e. The Morgan fingerprint density at radius 3 is 2.58 bits per heavy atom. The van der Waals surface area contributed by atoms with E-state index in [4.69, 9.17) is 0 Å². The highest BCUT2D eigenvalue weighted by Gasteiger charge is 2.25. The fourth-order valence-electron chi connectivity index (χ4n) is 2.77. The number of rotatable bonds is 5. The van der Waals surface area contributed by atoms with Crippen LogP contribution in [0.5, 0.6) is 0 Å². The first-order valence-electron chi connectivity index (χ1n) is 8.03. The number of Topliss-reactive ketones (excluding diaryl/α,β-unsaturated/α-hetero) is 1. The second kappa shape index (κ2) is 8.06. The molecule has 1 aliphatic rings. The third kappa shape index (κ3) is 3.61. The van der Waals surface area contributed by atoms with E-state index >= 15 is 0 Å². The van der Waals surface area contributed by atoms with Crippen LogP contribution < -0.4 is 10.2 Å². The zero-order chi connectivity index (χ0) is 16.4. The van der Waals surface area contributed by atoms with E-state index in [9.17, 15) is 4.79 Å². The van der Waals surface area contributed by atoms with E-state index in [2.05, 4.69) is 47.5 Å². The van der Waals surface area contributed by atoms with Gasteiger partial charge in [0.2, 0.25) is 0 Å². The number of para-hydroxylation sites is 1. The molecule has 2 aromatic carbocycles. The SMILES string of the molecule is CCC(=O)c1ccc2c(c1)N(CC(C)NC)c1ccccc1S2.Cl. The number of ketones is 1. The number of benzene rings is 2. The minimum absolute atomic E-state index is 0. The molecule has 1 heterocycles. The lowest BCUT2D eigenvalue weighted by Gasteiger charge is -2.34. The Bertz CT molecular complexity index is 735. The Balaban J connectivity index is 0.00000208. The van der Waals surface area contributed by atoms with Crippen LogP contribution in [0.1, 0.15) is 30.6 Å². The molecule has 0 saturated carbocycles. The van der Waals surface area contributed by atoms with Crippen molar-refractivity contribution >= 4 is 41.3 Å². The summed E-state index contributed by atoms with van der Waals surface area (Å²) >= 11 is 1.78.